The van der Waals surface area contributed by atoms with Gasteiger partial charge in [-0.1, -0.05) is 37.3 Å². The van der Waals surface area contributed by atoms with Crippen LogP contribution in [0.4, 0.5) is 5.69 Å². The third-order valence-electron chi connectivity index (χ3n) is 4.74. The van der Waals surface area contributed by atoms with Crippen LogP contribution in [0.2, 0.25) is 0 Å². The highest BCUT2D eigenvalue weighted by atomic mass is 32.2. The fourth-order valence-corrected chi connectivity index (χ4v) is 4.52. The number of benzene rings is 2. The number of hydrogen-bond donors (Lipinski definition) is 2. The van der Waals surface area contributed by atoms with Crippen molar-refractivity contribution >= 4 is 27.6 Å². The van der Waals surface area contributed by atoms with E-state index in [0.717, 1.165) is 11.1 Å². The molecule has 0 saturated carbocycles. The monoisotopic (exact) mass is 402 g/mol. The predicted molar refractivity (Wildman–Crippen MR) is 105 cm³/mol. The molecule has 1 amide bonds. The van der Waals surface area contributed by atoms with Gasteiger partial charge in [0.2, 0.25) is 15.9 Å². The van der Waals surface area contributed by atoms with E-state index in [9.17, 15) is 23.1 Å². The molecule has 0 unspecified atom stereocenters. The lowest BCUT2D eigenvalue weighted by Crippen LogP contribution is -2.42. The summed E-state index contributed by atoms with van der Waals surface area (Å²) >= 11 is 0. The number of aliphatic carboxylic acids is 1. The highest BCUT2D eigenvalue weighted by Gasteiger charge is 2.29. The molecule has 2 N–H and O–H groups in total. The Morgan fingerprint density at radius 3 is 2.54 bits per heavy atom. The van der Waals surface area contributed by atoms with E-state index in [1.54, 1.807) is 48.2 Å². The lowest BCUT2D eigenvalue weighted by molar-refractivity contribution is -0.138. The van der Waals surface area contributed by atoms with Crippen LogP contribution in [0, 0.1) is 0 Å². The third-order valence-corrected chi connectivity index (χ3v) is 6.21. The zero-order valence-electron chi connectivity index (χ0n) is 15.5. The number of carbonyl (C=O) groups excluding carboxylic acids is 1. The first-order valence-electron chi connectivity index (χ1n) is 9.04. The molecule has 0 fully saturated rings. The van der Waals surface area contributed by atoms with Crippen molar-refractivity contribution in [2.45, 2.75) is 37.1 Å². The van der Waals surface area contributed by atoms with E-state index in [1.165, 1.54) is 12.1 Å². The van der Waals surface area contributed by atoms with Crippen LogP contribution in [0.5, 0.6) is 0 Å². The van der Waals surface area contributed by atoms with Crippen LogP contribution in [0.1, 0.15) is 24.5 Å². The molecule has 1 aliphatic rings. The number of hydrogen-bond acceptors (Lipinski definition) is 4. The fraction of sp³-hybridized carbons (Fsp3) is 0.300. The van der Waals surface area contributed by atoms with Gasteiger partial charge in [-0.25, -0.2) is 8.42 Å². The van der Waals surface area contributed by atoms with Gasteiger partial charge in [-0.05, 0) is 42.2 Å². The maximum atomic E-state index is 12.8. The molecule has 148 valence electrons. The number of carbonyl (C=O) groups is 2. The number of amides is 1. The molecule has 0 radical (unpaired) electrons. The molecule has 0 spiro atoms. The van der Waals surface area contributed by atoms with Gasteiger partial charge in [0.1, 0.15) is 6.04 Å². The number of sulfonamides is 1. The van der Waals surface area contributed by atoms with Gasteiger partial charge in [0.25, 0.3) is 0 Å². The molecule has 1 aliphatic heterocycles. The second-order valence-corrected chi connectivity index (χ2v) is 8.36. The number of nitrogens with zero attached hydrogens (tertiary/aromatic N) is 1. The van der Waals surface area contributed by atoms with Crippen molar-refractivity contribution in [1.82, 2.24) is 4.72 Å². The van der Waals surface area contributed by atoms with Gasteiger partial charge < -0.3 is 10.0 Å². The van der Waals surface area contributed by atoms with E-state index in [0.29, 0.717) is 25.1 Å². The summed E-state index contributed by atoms with van der Waals surface area (Å²) < 4.78 is 27.8. The molecule has 7 nitrogen and oxygen atoms in total. The Bertz CT molecular complexity index is 989. The largest absolute Gasteiger partial charge is 0.480 e. The molecule has 0 aliphatic carbocycles. The van der Waals surface area contributed by atoms with Crippen molar-refractivity contribution < 1.29 is 23.1 Å². The predicted octanol–water partition coefficient (Wildman–Crippen LogP) is 1.96. The Morgan fingerprint density at radius 2 is 1.89 bits per heavy atom. The van der Waals surface area contributed by atoms with E-state index in [4.69, 9.17) is 0 Å². The standard InChI is InChI=1S/C20H22N2O5S/c1-2-19(23)22-11-10-15-13-16(8-9-18(15)22)28(26,27)21-17(20(24)25)12-14-6-4-3-5-7-14/h3-9,13,17,21H,2,10-12H2,1H3,(H,24,25)/t17-/m0/s1. The van der Waals surface area contributed by atoms with Gasteiger partial charge in [-0.3, -0.25) is 9.59 Å². The van der Waals surface area contributed by atoms with E-state index >= 15 is 0 Å². The van der Waals surface area contributed by atoms with E-state index < -0.39 is 22.0 Å². The summed E-state index contributed by atoms with van der Waals surface area (Å²) in [5, 5.41) is 9.45. The second kappa shape index (κ2) is 8.12. The normalized spacial score (nSPS) is 14.5. The summed E-state index contributed by atoms with van der Waals surface area (Å²) in [5.74, 6) is -1.26. The van der Waals surface area contributed by atoms with Crippen LogP contribution in [-0.2, 0) is 32.5 Å². The van der Waals surface area contributed by atoms with E-state index in [2.05, 4.69) is 4.72 Å². The summed E-state index contributed by atoms with van der Waals surface area (Å²) in [5.41, 5.74) is 2.20. The molecule has 1 atom stereocenters. The van der Waals surface area contributed by atoms with Crippen LogP contribution < -0.4 is 9.62 Å². The summed E-state index contributed by atoms with van der Waals surface area (Å²) in [6.07, 6.45) is 0.983. The lowest BCUT2D eigenvalue weighted by Gasteiger charge is -2.17. The summed E-state index contributed by atoms with van der Waals surface area (Å²) in [4.78, 5) is 25.2. The molecule has 2 aromatic rings. The molecule has 28 heavy (non-hydrogen) atoms. The van der Waals surface area contributed by atoms with Crippen molar-refractivity contribution in [2.75, 3.05) is 11.4 Å². The average Bonchev–Trinajstić information content (AvgIpc) is 3.10. The van der Waals surface area contributed by atoms with Crippen LogP contribution in [0.25, 0.3) is 0 Å². The summed E-state index contributed by atoms with van der Waals surface area (Å²) in [6, 6.07) is 12.1. The molecule has 3 rings (SSSR count). The molecule has 0 saturated heterocycles. The summed E-state index contributed by atoms with van der Waals surface area (Å²) in [7, 11) is -4.02. The number of anilines is 1. The molecule has 2 aromatic carbocycles. The SMILES string of the molecule is CCC(=O)N1CCc2cc(S(=O)(=O)N[C@@H](Cc3ccccc3)C(=O)O)ccc21. The topological polar surface area (TPSA) is 104 Å². The Kier molecular flexibility index (Phi) is 5.81. The Hall–Kier alpha value is -2.71. The van der Waals surface area contributed by atoms with Crippen LogP contribution in [-0.4, -0.2) is 38.0 Å². The molecule has 8 heteroatoms. The van der Waals surface area contributed by atoms with Crippen molar-refractivity contribution in [2.24, 2.45) is 0 Å². The Labute approximate surface area is 164 Å². The maximum absolute atomic E-state index is 12.8. The fourth-order valence-electron chi connectivity index (χ4n) is 3.28. The molecule has 0 aromatic heterocycles. The number of nitrogens with one attached hydrogen (secondary N) is 1. The molecule has 1 heterocycles. The van der Waals surface area contributed by atoms with Gasteiger partial charge in [0, 0.05) is 18.7 Å². The number of carboxylic acid groups (broad SMARTS) is 1. The maximum Gasteiger partial charge on any atom is 0.322 e. The molecule has 0 bridgehead atoms. The minimum Gasteiger partial charge on any atom is -0.480 e. The van der Waals surface area contributed by atoms with Gasteiger partial charge in [0.05, 0.1) is 4.90 Å². The second-order valence-electron chi connectivity index (χ2n) is 6.64. The van der Waals surface area contributed by atoms with Crippen molar-refractivity contribution in [1.29, 1.82) is 0 Å². The van der Waals surface area contributed by atoms with Gasteiger partial charge in [-0.15, -0.1) is 0 Å². The quantitative estimate of drug-likeness (QED) is 0.737. The third kappa shape index (κ3) is 4.23. The van der Waals surface area contributed by atoms with Crippen LogP contribution in [0.15, 0.2) is 53.4 Å². The number of rotatable bonds is 7. The van der Waals surface area contributed by atoms with Crippen molar-refractivity contribution in [3.05, 3.63) is 59.7 Å². The molecular formula is C20H22N2O5S. The smallest absolute Gasteiger partial charge is 0.322 e. The first-order chi connectivity index (χ1) is 13.3. The average molecular weight is 402 g/mol. The first-order valence-corrected chi connectivity index (χ1v) is 10.5. The minimum atomic E-state index is -4.02. The number of fused-ring (bicyclic) bond motifs is 1. The Balaban J connectivity index is 1.82. The van der Waals surface area contributed by atoms with Crippen LogP contribution in [0.3, 0.4) is 0 Å². The zero-order valence-corrected chi connectivity index (χ0v) is 16.3. The van der Waals surface area contributed by atoms with Crippen LogP contribution >= 0.6 is 0 Å². The molecular weight excluding hydrogens is 380 g/mol. The minimum absolute atomic E-state index is 0.00337. The zero-order chi connectivity index (χ0) is 20.3. The van der Waals surface area contributed by atoms with Gasteiger partial charge in [0.15, 0.2) is 0 Å². The first kappa shape index (κ1) is 20.0. The Morgan fingerprint density at radius 1 is 1.18 bits per heavy atom. The van der Waals surface area contributed by atoms with Crippen molar-refractivity contribution in [3.8, 4) is 0 Å². The van der Waals surface area contributed by atoms with Gasteiger partial charge in [-0.2, -0.15) is 4.72 Å². The summed E-state index contributed by atoms with van der Waals surface area (Å²) in [6.45, 7) is 2.30. The van der Waals surface area contributed by atoms with Crippen molar-refractivity contribution in [3.63, 3.8) is 0 Å². The highest BCUT2D eigenvalue weighted by Crippen LogP contribution is 2.30. The number of carboxylic acids is 1. The van der Waals surface area contributed by atoms with E-state index in [-0.39, 0.29) is 17.2 Å². The lowest BCUT2D eigenvalue weighted by atomic mass is 10.1. The van der Waals surface area contributed by atoms with E-state index in [1.807, 2.05) is 0 Å². The van der Waals surface area contributed by atoms with Gasteiger partial charge >= 0.3 is 5.97 Å². The highest BCUT2D eigenvalue weighted by molar-refractivity contribution is 7.89.